The van der Waals surface area contributed by atoms with Crippen molar-refractivity contribution in [1.29, 1.82) is 0 Å². The Balaban J connectivity index is 2.25. The quantitative estimate of drug-likeness (QED) is 0.680. The fourth-order valence-corrected chi connectivity index (χ4v) is 2.44. The van der Waals surface area contributed by atoms with E-state index in [1.165, 1.54) is 0 Å². The summed E-state index contributed by atoms with van der Waals surface area (Å²) in [6.45, 7) is 4.38. The third-order valence-corrected chi connectivity index (χ3v) is 3.83. The van der Waals surface area contributed by atoms with Crippen LogP contribution in [-0.4, -0.2) is 39.4 Å². The minimum absolute atomic E-state index is 0.0880. The highest BCUT2D eigenvalue weighted by Gasteiger charge is 2.25. The zero-order chi connectivity index (χ0) is 18.9. The number of aliphatic carboxylic acids is 1. The van der Waals surface area contributed by atoms with Crippen LogP contribution in [0.15, 0.2) is 36.5 Å². The summed E-state index contributed by atoms with van der Waals surface area (Å²) in [6.07, 6.45) is 4.37. The number of hydrogen-bond acceptors (Lipinski definition) is 4. The summed E-state index contributed by atoms with van der Waals surface area (Å²) in [5, 5.41) is 16.2. The number of rotatable bonds is 10. The van der Waals surface area contributed by atoms with Gasteiger partial charge < -0.3 is 15.2 Å². The van der Waals surface area contributed by atoms with Crippen molar-refractivity contribution in [3.63, 3.8) is 0 Å². The first-order chi connectivity index (χ1) is 12.6. The van der Waals surface area contributed by atoms with Gasteiger partial charge in [-0.2, -0.15) is 5.10 Å². The molecular formula is C19H25N3O4. The molecule has 0 saturated heterocycles. The van der Waals surface area contributed by atoms with Crippen molar-refractivity contribution in [2.45, 2.75) is 45.6 Å². The van der Waals surface area contributed by atoms with Crippen LogP contribution in [0.4, 0.5) is 0 Å². The average molecular weight is 359 g/mol. The van der Waals surface area contributed by atoms with E-state index in [-0.39, 0.29) is 5.69 Å². The lowest BCUT2D eigenvalue weighted by molar-refractivity contribution is -0.139. The lowest BCUT2D eigenvalue weighted by Crippen LogP contribution is -2.41. The largest absolute Gasteiger partial charge is 0.489 e. The SMILES string of the molecule is CCCCC(NC(=O)c1nn(-c2ccccc2)cc1OCCC)C(=O)O. The van der Waals surface area contributed by atoms with Gasteiger partial charge in [-0.15, -0.1) is 0 Å². The van der Waals surface area contributed by atoms with Crippen LogP contribution in [0, 0.1) is 0 Å². The van der Waals surface area contributed by atoms with Gasteiger partial charge in [0.1, 0.15) is 6.04 Å². The number of aromatic nitrogens is 2. The first kappa shape index (κ1) is 19.5. The number of ether oxygens (including phenoxy) is 1. The normalized spacial score (nSPS) is 11.8. The predicted octanol–water partition coefficient (Wildman–Crippen LogP) is 3.03. The second-order valence-electron chi connectivity index (χ2n) is 5.98. The second-order valence-corrected chi connectivity index (χ2v) is 5.98. The van der Waals surface area contributed by atoms with Crippen molar-refractivity contribution in [2.75, 3.05) is 6.61 Å². The summed E-state index contributed by atoms with van der Waals surface area (Å²) in [7, 11) is 0. The molecule has 140 valence electrons. The maximum absolute atomic E-state index is 12.6. The van der Waals surface area contributed by atoms with Crippen LogP contribution >= 0.6 is 0 Å². The molecule has 1 aromatic heterocycles. The van der Waals surface area contributed by atoms with E-state index in [4.69, 9.17) is 4.74 Å². The lowest BCUT2D eigenvalue weighted by Gasteiger charge is -2.13. The number of carboxylic acids is 1. The minimum atomic E-state index is -1.05. The molecule has 2 N–H and O–H groups in total. The monoisotopic (exact) mass is 359 g/mol. The number of carboxylic acid groups (broad SMARTS) is 1. The Morgan fingerprint density at radius 3 is 2.58 bits per heavy atom. The Kier molecular flexibility index (Phi) is 7.20. The molecule has 7 nitrogen and oxygen atoms in total. The minimum Gasteiger partial charge on any atom is -0.489 e. The van der Waals surface area contributed by atoms with E-state index in [0.717, 1.165) is 24.9 Å². The number of amides is 1. The summed E-state index contributed by atoms with van der Waals surface area (Å²) >= 11 is 0. The summed E-state index contributed by atoms with van der Waals surface area (Å²) < 4.78 is 7.20. The highest BCUT2D eigenvalue weighted by Crippen LogP contribution is 2.20. The van der Waals surface area contributed by atoms with Gasteiger partial charge in [0.05, 0.1) is 18.5 Å². The number of benzene rings is 1. The molecule has 2 rings (SSSR count). The van der Waals surface area contributed by atoms with E-state index in [9.17, 15) is 14.7 Å². The maximum atomic E-state index is 12.6. The first-order valence-electron chi connectivity index (χ1n) is 8.88. The van der Waals surface area contributed by atoms with E-state index in [0.29, 0.717) is 18.8 Å². The van der Waals surface area contributed by atoms with Crippen LogP contribution in [-0.2, 0) is 4.79 Å². The Morgan fingerprint density at radius 1 is 1.23 bits per heavy atom. The van der Waals surface area contributed by atoms with Crippen molar-refractivity contribution >= 4 is 11.9 Å². The number of unbranched alkanes of at least 4 members (excludes halogenated alkanes) is 1. The third-order valence-electron chi connectivity index (χ3n) is 3.83. The third kappa shape index (κ3) is 5.08. The maximum Gasteiger partial charge on any atom is 0.326 e. The Bertz CT molecular complexity index is 728. The van der Waals surface area contributed by atoms with Crippen molar-refractivity contribution in [1.82, 2.24) is 15.1 Å². The predicted molar refractivity (Wildman–Crippen MR) is 97.8 cm³/mol. The molecule has 0 bridgehead atoms. The highest BCUT2D eigenvalue weighted by atomic mass is 16.5. The average Bonchev–Trinajstić information content (AvgIpc) is 3.08. The molecule has 0 aliphatic rings. The van der Waals surface area contributed by atoms with Gasteiger partial charge in [-0.25, -0.2) is 9.48 Å². The summed E-state index contributed by atoms with van der Waals surface area (Å²) in [4.78, 5) is 24.0. The van der Waals surface area contributed by atoms with Crippen molar-refractivity contribution in [2.24, 2.45) is 0 Å². The Labute approximate surface area is 153 Å². The lowest BCUT2D eigenvalue weighted by atomic mass is 10.1. The summed E-state index contributed by atoms with van der Waals surface area (Å²) in [6, 6.07) is 8.41. The number of para-hydroxylation sites is 1. The smallest absolute Gasteiger partial charge is 0.326 e. The molecule has 0 saturated carbocycles. The van der Waals surface area contributed by atoms with E-state index in [2.05, 4.69) is 10.4 Å². The summed E-state index contributed by atoms with van der Waals surface area (Å²) in [5.41, 5.74) is 0.874. The zero-order valence-corrected chi connectivity index (χ0v) is 15.1. The molecule has 0 aliphatic carbocycles. The molecule has 1 unspecified atom stereocenters. The molecule has 1 heterocycles. The van der Waals surface area contributed by atoms with Crippen LogP contribution in [0.5, 0.6) is 5.75 Å². The molecule has 0 radical (unpaired) electrons. The topological polar surface area (TPSA) is 93.5 Å². The molecular weight excluding hydrogens is 334 g/mol. The van der Waals surface area contributed by atoms with Crippen LogP contribution in [0.3, 0.4) is 0 Å². The number of carbonyl (C=O) groups excluding carboxylic acids is 1. The number of carbonyl (C=O) groups is 2. The van der Waals surface area contributed by atoms with Crippen molar-refractivity contribution < 1.29 is 19.4 Å². The fourth-order valence-electron chi connectivity index (χ4n) is 2.44. The molecule has 2 aromatic rings. The molecule has 1 amide bonds. The van der Waals surface area contributed by atoms with Gasteiger partial charge >= 0.3 is 5.97 Å². The molecule has 0 spiro atoms. The standard InChI is InChI=1S/C19H25N3O4/c1-3-5-11-15(19(24)25)20-18(23)17-16(26-12-4-2)13-22(21-17)14-9-7-6-8-10-14/h6-10,13,15H,3-5,11-12H2,1-2H3,(H,20,23)(H,24,25). The van der Waals surface area contributed by atoms with Crippen molar-refractivity contribution in [3.05, 3.63) is 42.2 Å². The first-order valence-corrected chi connectivity index (χ1v) is 8.88. The molecule has 7 heteroatoms. The van der Waals surface area contributed by atoms with Gasteiger partial charge in [0, 0.05) is 0 Å². The van der Waals surface area contributed by atoms with Crippen LogP contribution < -0.4 is 10.1 Å². The van der Waals surface area contributed by atoms with Gasteiger partial charge in [0.25, 0.3) is 5.91 Å². The van der Waals surface area contributed by atoms with E-state index < -0.39 is 17.9 Å². The van der Waals surface area contributed by atoms with Gasteiger partial charge in [0.15, 0.2) is 11.4 Å². The highest BCUT2D eigenvalue weighted by molar-refractivity contribution is 5.97. The molecule has 1 aromatic carbocycles. The Hall–Kier alpha value is -2.83. The van der Waals surface area contributed by atoms with Gasteiger partial charge in [-0.1, -0.05) is 44.9 Å². The van der Waals surface area contributed by atoms with E-state index >= 15 is 0 Å². The van der Waals surface area contributed by atoms with Gasteiger partial charge in [-0.3, -0.25) is 4.79 Å². The second kappa shape index (κ2) is 9.60. The number of hydrogen-bond donors (Lipinski definition) is 2. The zero-order valence-electron chi connectivity index (χ0n) is 15.1. The fraction of sp³-hybridized carbons (Fsp3) is 0.421. The van der Waals surface area contributed by atoms with Crippen LogP contribution in [0.2, 0.25) is 0 Å². The Morgan fingerprint density at radius 2 is 1.96 bits per heavy atom. The van der Waals surface area contributed by atoms with Crippen molar-refractivity contribution in [3.8, 4) is 11.4 Å². The van der Waals surface area contributed by atoms with E-state index in [1.54, 1.807) is 10.9 Å². The number of nitrogens with zero attached hydrogens (tertiary/aromatic N) is 2. The summed E-state index contributed by atoms with van der Waals surface area (Å²) in [5.74, 6) is -1.26. The van der Waals surface area contributed by atoms with Gasteiger partial charge in [-0.05, 0) is 25.0 Å². The van der Waals surface area contributed by atoms with Crippen LogP contribution in [0.25, 0.3) is 5.69 Å². The van der Waals surface area contributed by atoms with Crippen LogP contribution in [0.1, 0.15) is 50.0 Å². The molecule has 1 atom stereocenters. The van der Waals surface area contributed by atoms with Gasteiger partial charge in [0.2, 0.25) is 0 Å². The van der Waals surface area contributed by atoms with E-state index in [1.807, 2.05) is 44.2 Å². The molecule has 26 heavy (non-hydrogen) atoms. The molecule has 0 fully saturated rings. The molecule has 0 aliphatic heterocycles. The number of nitrogens with one attached hydrogen (secondary N) is 1.